The summed E-state index contributed by atoms with van der Waals surface area (Å²) < 4.78 is 4.87. The van der Waals surface area contributed by atoms with Gasteiger partial charge in [-0.15, -0.1) is 0 Å². The molecule has 0 spiro atoms. The number of nitrogens with zero attached hydrogens (tertiary/aromatic N) is 4. The topological polar surface area (TPSA) is 26.0 Å². The standard InChI is InChI=1S/C63H44N4/c1-6-19-46(20-7-1)58-38-40-60(66(58)50-25-12-4-13-26-50)62-54-30-16-17-31-55(54)63(61-41-39-59(47-21-8-2-9-22-47)67(61)51-27-14-5-15-28-51)57-43-48(34-37-56(57)62)45-32-35-52(36-33-45)65(49-23-10-3-11-24-49)53-29-18-42-64-44-53/h1-44H. The molecule has 0 aliphatic heterocycles. The van der Waals surface area contributed by atoms with E-state index in [0.717, 1.165) is 73.5 Å². The molecule has 3 heterocycles. The second-order valence-electron chi connectivity index (χ2n) is 16.8. The molecule has 12 aromatic rings. The summed E-state index contributed by atoms with van der Waals surface area (Å²) >= 11 is 0. The van der Waals surface area contributed by atoms with E-state index in [2.05, 4.69) is 268 Å². The molecule has 4 heteroatoms. The lowest BCUT2D eigenvalue weighted by molar-refractivity contribution is 1.10. The fourth-order valence-corrected chi connectivity index (χ4v) is 9.87. The van der Waals surface area contributed by atoms with Crippen molar-refractivity contribution < 1.29 is 0 Å². The monoisotopic (exact) mass is 856 g/mol. The fraction of sp³-hybridized carbons (Fsp3) is 0. The minimum atomic E-state index is 1.00. The summed E-state index contributed by atoms with van der Waals surface area (Å²) in [5, 5.41) is 4.73. The van der Waals surface area contributed by atoms with E-state index in [4.69, 9.17) is 0 Å². The highest BCUT2D eigenvalue weighted by atomic mass is 15.1. The molecule has 0 atom stereocenters. The van der Waals surface area contributed by atoms with Crippen molar-refractivity contribution in [3.8, 4) is 67.5 Å². The normalized spacial score (nSPS) is 11.3. The van der Waals surface area contributed by atoms with Crippen LogP contribution in [0.3, 0.4) is 0 Å². The Morgan fingerprint density at radius 2 is 0.701 bits per heavy atom. The molecular formula is C63H44N4. The Hall–Kier alpha value is -8.99. The van der Waals surface area contributed by atoms with E-state index in [0.29, 0.717) is 0 Å². The molecule has 0 bridgehead atoms. The molecule has 316 valence electrons. The van der Waals surface area contributed by atoms with Crippen LogP contribution in [0.2, 0.25) is 0 Å². The molecule has 0 saturated carbocycles. The second kappa shape index (κ2) is 17.2. The lowest BCUT2D eigenvalue weighted by Crippen LogP contribution is -2.09. The SMILES string of the molecule is c1ccc(-c2ccc(-c3c4ccccc4c(-c4ccc(-c5ccccc5)n4-c4ccccc4)c4cc(-c5ccc(N(c6ccccc6)c6cccnc6)cc5)ccc34)n2-c2ccccc2)cc1. The first kappa shape index (κ1) is 39.6. The summed E-state index contributed by atoms with van der Waals surface area (Å²) in [6, 6.07) is 91.7. The van der Waals surface area contributed by atoms with E-state index in [1.165, 1.54) is 32.7 Å². The van der Waals surface area contributed by atoms with Crippen molar-refractivity contribution in [2.45, 2.75) is 0 Å². The number of pyridine rings is 1. The van der Waals surface area contributed by atoms with Crippen LogP contribution in [0.15, 0.2) is 267 Å². The van der Waals surface area contributed by atoms with Crippen molar-refractivity contribution in [1.82, 2.24) is 14.1 Å². The van der Waals surface area contributed by atoms with Crippen LogP contribution in [-0.2, 0) is 0 Å². The third-order valence-electron chi connectivity index (χ3n) is 12.8. The van der Waals surface area contributed by atoms with Gasteiger partial charge >= 0.3 is 0 Å². The smallest absolute Gasteiger partial charge is 0.0644 e. The van der Waals surface area contributed by atoms with Crippen molar-refractivity contribution >= 4 is 38.6 Å². The lowest BCUT2D eigenvalue weighted by atomic mass is 9.87. The Morgan fingerprint density at radius 1 is 0.284 bits per heavy atom. The number of rotatable bonds is 10. The minimum absolute atomic E-state index is 1.00. The number of benzene rings is 9. The van der Waals surface area contributed by atoms with Crippen molar-refractivity contribution in [1.29, 1.82) is 0 Å². The third-order valence-corrected chi connectivity index (χ3v) is 12.8. The number of hydrogen-bond acceptors (Lipinski definition) is 2. The molecule has 0 aliphatic rings. The molecule has 0 unspecified atom stereocenters. The fourth-order valence-electron chi connectivity index (χ4n) is 9.87. The van der Waals surface area contributed by atoms with Gasteiger partial charge < -0.3 is 14.0 Å². The average molecular weight is 857 g/mol. The molecule has 0 fully saturated rings. The predicted octanol–water partition coefficient (Wildman–Crippen LogP) is 16.8. The summed E-state index contributed by atoms with van der Waals surface area (Å²) in [5.41, 5.74) is 16.9. The molecule has 67 heavy (non-hydrogen) atoms. The molecule has 9 aromatic carbocycles. The zero-order valence-electron chi connectivity index (χ0n) is 36.7. The molecule has 0 saturated heterocycles. The van der Waals surface area contributed by atoms with Crippen LogP contribution in [0.5, 0.6) is 0 Å². The van der Waals surface area contributed by atoms with E-state index in [1.807, 2.05) is 18.5 Å². The molecule has 0 N–H and O–H groups in total. The number of fused-ring (bicyclic) bond motifs is 2. The summed E-state index contributed by atoms with van der Waals surface area (Å²) in [6.07, 6.45) is 3.73. The minimum Gasteiger partial charge on any atom is -0.309 e. The molecule has 12 rings (SSSR count). The molecule has 0 aliphatic carbocycles. The maximum atomic E-state index is 4.47. The van der Waals surface area contributed by atoms with Gasteiger partial charge in [0, 0.05) is 40.1 Å². The number of anilines is 3. The number of para-hydroxylation sites is 3. The molecule has 0 amide bonds. The van der Waals surface area contributed by atoms with Crippen molar-refractivity contribution in [3.05, 3.63) is 267 Å². The van der Waals surface area contributed by atoms with Crippen LogP contribution in [0.25, 0.3) is 89.1 Å². The van der Waals surface area contributed by atoms with Gasteiger partial charge in [0.1, 0.15) is 0 Å². The summed E-state index contributed by atoms with van der Waals surface area (Å²) in [6.45, 7) is 0. The quantitative estimate of drug-likeness (QED) is 0.128. The Kier molecular flexibility index (Phi) is 10.2. The second-order valence-corrected chi connectivity index (χ2v) is 16.8. The maximum Gasteiger partial charge on any atom is 0.0644 e. The third kappa shape index (κ3) is 7.18. The van der Waals surface area contributed by atoms with Crippen LogP contribution in [0.4, 0.5) is 17.1 Å². The molecule has 0 radical (unpaired) electrons. The first-order valence-electron chi connectivity index (χ1n) is 22.8. The number of hydrogen-bond donors (Lipinski definition) is 0. The highest BCUT2D eigenvalue weighted by Crippen LogP contribution is 2.48. The van der Waals surface area contributed by atoms with E-state index in [-0.39, 0.29) is 0 Å². The Balaban J connectivity index is 1.13. The molecule has 4 nitrogen and oxygen atoms in total. The van der Waals surface area contributed by atoms with Crippen LogP contribution in [-0.4, -0.2) is 14.1 Å². The summed E-state index contributed by atoms with van der Waals surface area (Å²) in [4.78, 5) is 6.72. The van der Waals surface area contributed by atoms with E-state index in [9.17, 15) is 0 Å². The van der Waals surface area contributed by atoms with E-state index >= 15 is 0 Å². The van der Waals surface area contributed by atoms with Gasteiger partial charge in [0.05, 0.1) is 34.7 Å². The van der Waals surface area contributed by atoms with Crippen LogP contribution in [0, 0.1) is 0 Å². The van der Waals surface area contributed by atoms with Crippen LogP contribution < -0.4 is 4.90 Å². The van der Waals surface area contributed by atoms with Crippen LogP contribution >= 0.6 is 0 Å². The highest BCUT2D eigenvalue weighted by molar-refractivity contribution is 6.22. The largest absolute Gasteiger partial charge is 0.309 e. The van der Waals surface area contributed by atoms with E-state index < -0.39 is 0 Å². The zero-order chi connectivity index (χ0) is 44.5. The van der Waals surface area contributed by atoms with Gasteiger partial charge in [-0.1, -0.05) is 164 Å². The molecule has 3 aromatic heterocycles. The molecular weight excluding hydrogens is 813 g/mol. The Bertz CT molecular complexity index is 3600. The lowest BCUT2D eigenvalue weighted by Gasteiger charge is -2.25. The van der Waals surface area contributed by atoms with Gasteiger partial charge in [-0.25, -0.2) is 0 Å². The van der Waals surface area contributed by atoms with E-state index in [1.54, 1.807) is 0 Å². The van der Waals surface area contributed by atoms with Crippen LogP contribution in [0.1, 0.15) is 0 Å². The van der Waals surface area contributed by atoms with Gasteiger partial charge in [-0.2, -0.15) is 0 Å². The van der Waals surface area contributed by atoms with Gasteiger partial charge in [-0.05, 0) is 135 Å². The predicted molar refractivity (Wildman–Crippen MR) is 280 cm³/mol. The van der Waals surface area contributed by atoms with Gasteiger partial charge in [0.2, 0.25) is 0 Å². The average Bonchev–Trinajstić information content (AvgIpc) is 4.05. The van der Waals surface area contributed by atoms with Gasteiger partial charge in [0.15, 0.2) is 0 Å². The first-order valence-corrected chi connectivity index (χ1v) is 22.8. The first-order chi connectivity index (χ1) is 33.3. The summed E-state index contributed by atoms with van der Waals surface area (Å²) in [7, 11) is 0. The zero-order valence-corrected chi connectivity index (χ0v) is 36.7. The van der Waals surface area contributed by atoms with Crippen molar-refractivity contribution in [2.24, 2.45) is 0 Å². The maximum absolute atomic E-state index is 4.47. The van der Waals surface area contributed by atoms with Gasteiger partial charge in [0.25, 0.3) is 0 Å². The highest BCUT2D eigenvalue weighted by Gasteiger charge is 2.25. The Morgan fingerprint density at radius 3 is 1.22 bits per heavy atom. The Labute approximate surface area is 390 Å². The van der Waals surface area contributed by atoms with Gasteiger partial charge in [-0.3, -0.25) is 4.98 Å². The van der Waals surface area contributed by atoms with Crippen molar-refractivity contribution in [2.75, 3.05) is 4.90 Å². The van der Waals surface area contributed by atoms with Crippen molar-refractivity contribution in [3.63, 3.8) is 0 Å². The number of aromatic nitrogens is 3. The summed E-state index contributed by atoms with van der Waals surface area (Å²) in [5.74, 6) is 0.